The van der Waals surface area contributed by atoms with Gasteiger partial charge in [0.05, 0.1) is 6.04 Å². The van der Waals surface area contributed by atoms with Crippen LogP contribution in [0, 0.1) is 5.82 Å². The third kappa shape index (κ3) is 7.50. The minimum absolute atomic E-state index is 0.0657. The molecule has 8 heteroatoms. The lowest BCUT2D eigenvalue weighted by Crippen LogP contribution is -2.50. The molecule has 0 aromatic heterocycles. The van der Waals surface area contributed by atoms with Gasteiger partial charge in [0.1, 0.15) is 29.5 Å². The molecule has 1 amide bonds. The van der Waals surface area contributed by atoms with E-state index >= 15 is 0 Å². The highest BCUT2D eigenvalue weighted by molar-refractivity contribution is 5.68. The predicted molar refractivity (Wildman–Crippen MR) is 158 cm³/mol. The summed E-state index contributed by atoms with van der Waals surface area (Å²) >= 11 is 0. The zero-order chi connectivity index (χ0) is 29.0. The van der Waals surface area contributed by atoms with Crippen molar-refractivity contribution in [2.75, 3.05) is 50.8 Å². The number of nitrogens with zero attached hydrogens (tertiary/aromatic N) is 3. The number of phenolic OH excluding ortho intramolecular Hbond substituents is 1. The van der Waals surface area contributed by atoms with Crippen LogP contribution < -0.4 is 9.64 Å². The fourth-order valence-electron chi connectivity index (χ4n) is 5.58. The Balaban J connectivity index is 1.16. The molecule has 1 unspecified atom stereocenters. The van der Waals surface area contributed by atoms with Crippen molar-refractivity contribution in [1.82, 2.24) is 9.80 Å². The van der Waals surface area contributed by atoms with Crippen LogP contribution in [0.1, 0.15) is 43.5 Å². The van der Waals surface area contributed by atoms with E-state index in [1.165, 1.54) is 23.3 Å². The lowest BCUT2D eigenvalue weighted by atomic mass is 9.88. The van der Waals surface area contributed by atoms with E-state index in [2.05, 4.69) is 21.9 Å². The number of benzene rings is 3. The number of carbonyl (C=O) groups is 1. The van der Waals surface area contributed by atoms with Crippen molar-refractivity contribution in [2.24, 2.45) is 0 Å². The SMILES string of the molecule is CC(C)(C)OC(=O)N1CCN(CCOc2ccc(CC3c4ccc(O)cc4CCN3c3ccc(F)cc3)cc2)CC1. The van der Waals surface area contributed by atoms with Crippen LogP contribution in [-0.4, -0.2) is 72.5 Å². The second-order valence-electron chi connectivity index (χ2n) is 11.8. The average molecular weight is 562 g/mol. The Morgan fingerprint density at radius 2 is 1.66 bits per heavy atom. The number of amides is 1. The van der Waals surface area contributed by atoms with E-state index in [0.717, 1.165) is 56.0 Å². The molecule has 1 N–H and O–H groups in total. The molecular formula is C33H40FN3O4. The summed E-state index contributed by atoms with van der Waals surface area (Å²) in [5.74, 6) is 0.862. The van der Waals surface area contributed by atoms with Gasteiger partial charge in [0.25, 0.3) is 0 Å². The largest absolute Gasteiger partial charge is 0.508 e. The Kier molecular flexibility index (Phi) is 8.68. The average Bonchev–Trinajstić information content (AvgIpc) is 2.94. The summed E-state index contributed by atoms with van der Waals surface area (Å²) in [7, 11) is 0. The molecule has 3 aromatic rings. The number of carbonyl (C=O) groups excluding carboxylic acids is 1. The van der Waals surface area contributed by atoms with Gasteiger partial charge in [-0.1, -0.05) is 18.2 Å². The molecule has 0 radical (unpaired) electrons. The van der Waals surface area contributed by atoms with Gasteiger partial charge in [-0.25, -0.2) is 9.18 Å². The zero-order valence-electron chi connectivity index (χ0n) is 24.2. The molecule has 41 heavy (non-hydrogen) atoms. The van der Waals surface area contributed by atoms with Crippen molar-refractivity contribution in [3.63, 3.8) is 0 Å². The fraction of sp³-hybridized carbons (Fsp3) is 0.424. The summed E-state index contributed by atoms with van der Waals surface area (Å²) in [6, 6.07) is 20.6. The van der Waals surface area contributed by atoms with Gasteiger partial charge in [0.15, 0.2) is 0 Å². The van der Waals surface area contributed by atoms with Crippen molar-refractivity contribution in [1.29, 1.82) is 0 Å². The third-order valence-corrected chi connectivity index (χ3v) is 7.69. The van der Waals surface area contributed by atoms with Crippen LogP contribution in [0.5, 0.6) is 11.5 Å². The van der Waals surface area contributed by atoms with Crippen LogP contribution in [0.15, 0.2) is 66.7 Å². The van der Waals surface area contributed by atoms with Crippen molar-refractivity contribution < 1.29 is 23.8 Å². The molecule has 218 valence electrons. The minimum Gasteiger partial charge on any atom is -0.508 e. The number of piperazine rings is 1. The summed E-state index contributed by atoms with van der Waals surface area (Å²) in [4.78, 5) is 18.7. The zero-order valence-corrected chi connectivity index (χ0v) is 24.2. The number of rotatable bonds is 7. The van der Waals surface area contributed by atoms with Gasteiger partial charge in [-0.15, -0.1) is 0 Å². The number of hydrogen-bond donors (Lipinski definition) is 1. The van der Waals surface area contributed by atoms with E-state index in [1.54, 1.807) is 11.0 Å². The first-order valence-corrected chi connectivity index (χ1v) is 14.4. The maximum atomic E-state index is 13.6. The molecule has 0 spiro atoms. The maximum absolute atomic E-state index is 13.6. The van der Waals surface area contributed by atoms with Gasteiger partial charge in [0.2, 0.25) is 0 Å². The predicted octanol–water partition coefficient (Wildman–Crippen LogP) is 5.81. The Hall–Kier alpha value is -3.78. The van der Waals surface area contributed by atoms with Crippen LogP contribution >= 0.6 is 0 Å². The molecule has 1 atom stereocenters. The summed E-state index contributed by atoms with van der Waals surface area (Å²) in [5, 5.41) is 10.0. The van der Waals surface area contributed by atoms with Crippen molar-refractivity contribution in [2.45, 2.75) is 45.3 Å². The van der Waals surface area contributed by atoms with Crippen LogP contribution in [0.4, 0.5) is 14.9 Å². The molecule has 5 rings (SSSR count). The van der Waals surface area contributed by atoms with Crippen molar-refractivity contribution in [3.05, 3.63) is 89.2 Å². The molecule has 0 aliphatic carbocycles. The summed E-state index contributed by atoms with van der Waals surface area (Å²) in [6.07, 6.45) is 1.35. The second-order valence-corrected chi connectivity index (χ2v) is 11.8. The Bertz CT molecular complexity index is 1320. The van der Waals surface area contributed by atoms with Crippen LogP contribution in [-0.2, 0) is 17.6 Å². The molecule has 0 bridgehead atoms. The number of halogens is 1. The second kappa shape index (κ2) is 12.4. The quantitative estimate of drug-likeness (QED) is 0.393. The van der Waals surface area contributed by atoms with Gasteiger partial charge in [-0.05, 0) is 98.8 Å². The highest BCUT2D eigenvalue weighted by Crippen LogP contribution is 2.37. The topological polar surface area (TPSA) is 65.5 Å². The third-order valence-electron chi connectivity index (χ3n) is 7.69. The molecule has 1 fully saturated rings. The normalized spacial score (nSPS) is 17.7. The fourth-order valence-corrected chi connectivity index (χ4v) is 5.58. The van der Waals surface area contributed by atoms with E-state index < -0.39 is 5.60 Å². The molecule has 2 aliphatic heterocycles. The van der Waals surface area contributed by atoms with Crippen molar-refractivity contribution in [3.8, 4) is 11.5 Å². The molecule has 2 heterocycles. The van der Waals surface area contributed by atoms with E-state index in [0.29, 0.717) is 19.7 Å². The van der Waals surface area contributed by atoms with E-state index in [9.17, 15) is 14.3 Å². The number of phenols is 1. The lowest BCUT2D eigenvalue weighted by Gasteiger charge is -2.39. The molecular weight excluding hydrogens is 521 g/mol. The molecule has 2 aliphatic rings. The highest BCUT2D eigenvalue weighted by atomic mass is 19.1. The van der Waals surface area contributed by atoms with E-state index in [-0.39, 0.29) is 23.7 Å². The first kappa shape index (κ1) is 28.7. The first-order chi connectivity index (χ1) is 19.6. The highest BCUT2D eigenvalue weighted by Gasteiger charge is 2.29. The van der Waals surface area contributed by atoms with Crippen LogP contribution in [0.3, 0.4) is 0 Å². The smallest absolute Gasteiger partial charge is 0.410 e. The van der Waals surface area contributed by atoms with Gasteiger partial charge in [-0.3, -0.25) is 4.90 Å². The summed E-state index contributed by atoms with van der Waals surface area (Å²) in [5.41, 5.74) is 4.02. The standard InChI is InChI=1S/C33H40FN3O4/c1-33(2,3)41-32(39)36-18-16-35(17-19-36)20-21-40-29-11-4-24(5-12-29)22-31-30-13-10-28(38)23-25(30)14-15-37(31)27-8-6-26(34)7-9-27/h4-13,23,31,38H,14-22H2,1-3H3. The Morgan fingerprint density at radius 1 is 0.951 bits per heavy atom. The number of fused-ring (bicyclic) bond motifs is 1. The summed E-state index contributed by atoms with van der Waals surface area (Å²) in [6.45, 7) is 10.7. The number of anilines is 1. The van der Waals surface area contributed by atoms with E-state index in [4.69, 9.17) is 9.47 Å². The monoisotopic (exact) mass is 561 g/mol. The number of hydrogen-bond acceptors (Lipinski definition) is 6. The lowest BCUT2D eigenvalue weighted by molar-refractivity contribution is 0.0137. The first-order valence-electron chi connectivity index (χ1n) is 14.4. The van der Waals surface area contributed by atoms with Crippen LogP contribution in [0.25, 0.3) is 0 Å². The van der Waals surface area contributed by atoms with Crippen molar-refractivity contribution >= 4 is 11.8 Å². The maximum Gasteiger partial charge on any atom is 0.410 e. The number of aromatic hydroxyl groups is 1. The Labute approximate surface area is 242 Å². The molecule has 1 saturated heterocycles. The minimum atomic E-state index is -0.482. The van der Waals surface area contributed by atoms with Crippen LogP contribution in [0.2, 0.25) is 0 Å². The van der Waals surface area contributed by atoms with Gasteiger partial charge >= 0.3 is 6.09 Å². The van der Waals surface area contributed by atoms with E-state index in [1.807, 2.05) is 57.2 Å². The summed E-state index contributed by atoms with van der Waals surface area (Å²) < 4.78 is 25.2. The van der Waals surface area contributed by atoms with Gasteiger partial charge in [-0.2, -0.15) is 0 Å². The van der Waals surface area contributed by atoms with Gasteiger partial charge < -0.3 is 24.4 Å². The Morgan fingerprint density at radius 3 is 2.34 bits per heavy atom. The number of ether oxygens (including phenoxy) is 2. The molecule has 0 saturated carbocycles. The molecule has 7 nitrogen and oxygen atoms in total. The van der Waals surface area contributed by atoms with Gasteiger partial charge in [0, 0.05) is 45.0 Å². The molecule has 3 aromatic carbocycles.